The van der Waals surface area contributed by atoms with Gasteiger partial charge >= 0.3 is 0 Å². The monoisotopic (exact) mass is 385 g/mol. The molecule has 3 rings (SSSR count). The number of nitrogens with zero attached hydrogens (tertiary/aromatic N) is 1. The number of amides is 2. The van der Waals surface area contributed by atoms with Crippen LogP contribution >= 0.6 is 22.6 Å². The lowest BCUT2D eigenvalue weighted by atomic mass is 10.1. The van der Waals surface area contributed by atoms with Crippen molar-refractivity contribution >= 4 is 34.4 Å². The van der Waals surface area contributed by atoms with E-state index < -0.39 is 0 Å². The minimum atomic E-state index is -0.197. The maximum atomic E-state index is 12.4. The van der Waals surface area contributed by atoms with E-state index in [0.29, 0.717) is 17.7 Å². The highest BCUT2D eigenvalue weighted by Gasteiger charge is 2.40. The van der Waals surface area contributed by atoms with Crippen LogP contribution in [0.3, 0.4) is 0 Å². The minimum absolute atomic E-state index is 0.0510. The summed E-state index contributed by atoms with van der Waals surface area (Å²) in [6.45, 7) is 4.43. The molecule has 0 aliphatic carbocycles. The molecule has 0 aromatic heterocycles. The Balaban J connectivity index is 1.82. The van der Waals surface area contributed by atoms with Crippen molar-refractivity contribution in [2.75, 3.05) is 6.54 Å². The molecular formula is C15H16INO3. The van der Waals surface area contributed by atoms with Crippen LogP contribution in [0.1, 0.15) is 47.4 Å². The second kappa shape index (κ2) is 4.80. The molecule has 106 valence electrons. The van der Waals surface area contributed by atoms with Gasteiger partial charge in [-0.15, -0.1) is 0 Å². The fourth-order valence-electron chi connectivity index (χ4n) is 2.87. The van der Waals surface area contributed by atoms with E-state index in [4.69, 9.17) is 4.74 Å². The van der Waals surface area contributed by atoms with Gasteiger partial charge < -0.3 is 4.74 Å². The summed E-state index contributed by atoms with van der Waals surface area (Å²) in [4.78, 5) is 26.1. The molecule has 0 bridgehead atoms. The van der Waals surface area contributed by atoms with Crippen molar-refractivity contribution < 1.29 is 14.3 Å². The number of hydrogen-bond donors (Lipinski definition) is 0. The molecule has 1 atom stereocenters. The summed E-state index contributed by atoms with van der Waals surface area (Å²) in [7, 11) is 0. The minimum Gasteiger partial charge on any atom is -0.370 e. The number of ether oxygens (including phenoxy) is 1. The van der Waals surface area contributed by atoms with Gasteiger partial charge in [0.25, 0.3) is 11.8 Å². The Labute approximate surface area is 131 Å². The number of rotatable bonds is 2. The average molecular weight is 385 g/mol. The van der Waals surface area contributed by atoms with Crippen molar-refractivity contribution in [3.8, 4) is 0 Å². The predicted molar refractivity (Wildman–Crippen MR) is 82.7 cm³/mol. The van der Waals surface area contributed by atoms with E-state index in [1.165, 1.54) is 4.90 Å². The zero-order chi connectivity index (χ0) is 14.5. The fraction of sp³-hybridized carbons (Fsp3) is 0.467. The number of imide groups is 1. The fourth-order valence-corrected chi connectivity index (χ4v) is 3.60. The van der Waals surface area contributed by atoms with Crippen LogP contribution in [0.2, 0.25) is 0 Å². The Morgan fingerprint density at radius 1 is 1.35 bits per heavy atom. The number of halogens is 1. The molecule has 1 aromatic rings. The van der Waals surface area contributed by atoms with Gasteiger partial charge in [-0.25, -0.2) is 0 Å². The molecule has 20 heavy (non-hydrogen) atoms. The van der Waals surface area contributed by atoms with E-state index in [2.05, 4.69) is 22.6 Å². The van der Waals surface area contributed by atoms with Crippen LogP contribution < -0.4 is 0 Å². The van der Waals surface area contributed by atoms with Gasteiger partial charge in [-0.2, -0.15) is 0 Å². The number of benzene rings is 1. The molecule has 2 aliphatic rings. The van der Waals surface area contributed by atoms with Crippen molar-refractivity contribution in [1.82, 2.24) is 4.90 Å². The molecule has 4 nitrogen and oxygen atoms in total. The largest absolute Gasteiger partial charge is 0.370 e. The van der Waals surface area contributed by atoms with Crippen molar-refractivity contribution in [3.05, 3.63) is 32.9 Å². The quantitative estimate of drug-likeness (QED) is 0.581. The molecule has 2 heterocycles. The first kappa shape index (κ1) is 14.0. The first-order valence-corrected chi connectivity index (χ1v) is 7.79. The molecule has 0 radical (unpaired) electrons. The van der Waals surface area contributed by atoms with Crippen molar-refractivity contribution in [3.63, 3.8) is 0 Å². The molecule has 1 unspecified atom stereocenters. The van der Waals surface area contributed by atoms with E-state index in [1.54, 1.807) is 6.07 Å². The van der Waals surface area contributed by atoms with Crippen LogP contribution in [-0.4, -0.2) is 35.0 Å². The SMILES string of the molecule is CC1(C)CCC(CN2C(=O)c3cccc(I)c3C2=O)O1. The second-order valence-corrected chi connectivity index (χ2v) is 7.08. The van der Waals surface area contributed by atoms with Gasteiger partial charge in [0.15, 0.2) is 0 Å². The standard InChI is InChI=1S/C15H16INO3/c1-15(2)7-6-9(20-15)8-17-13(18)10-4-3-5-11(16)12(10)14(17)19/h3-5,9H,6-8H2,1-2H3. The van der Waals surface area contributed by atoms with Crippen LogP contribution in [0.25, 0.3) is 0 Å². The number of hydrogen-bond acceptors (Lipinski definition) is 3. The summed E-state index contributed by atoms with van der Waals surface area (Å²) in [6, 6.07) is 5.38. The van der Waals surface area contributed by atoms with E-state index >= 15 is 0 Å². The molecule has 1 fully saturated rings. The molecule has 0 N–H and O–H groups in total. The Morgan fingerprint density at radius 2 is 2.10 bits per heavy atom. The van der Waals surface area contributed by atoms with Gasteiger partial charge in [-0.05, 0) is 61.4 Å². The lowest BCUT2D eigenvalue weighted by Gasteiger charge is -2.22. The molecule has 0 spiro atoms. The first-order chi connectivity index (χ1) is 9.39. The summed E-state index contributed by atoms with van der Waals surface area (Å²) in [5.74, 6) is -0.389. The van der Waals surface area contributed by atoms with Gasteiger partial charge in [0, 0.05) is 3.57 Å². The van der Waals surface area contributed by atoms with Crippen molar-refractivity contribution in [2.45, 2.75) is 38.4 Å². The molecule has 1 aromatic carbocycles. The topological polar surface area (TPSA) is 46.6 Å². The number of fused-ring (bicyclic) bond motifs is 1. The lowest BCUT2D eigenvalue weighted by molar-refractivity contribution is -0.0242. The average Bonchev–Trinajstić information content (AvgIpc) is 2.83. The van der Waals surface area contributed by atoms with Crippen LogP contribution in [0.15, 0.2) is 18.2 Å². The van der Waals surface area contributed by atoms with Gasteiger partial charge in [0.2, 0.25) is 0 Å². The summed E-state index contributed by atoms with van der Waals surface area (Å²) < 4.78 is 6.72. The highest BCUT2D eigenvalue weighted by atomic mass is 127. The molecule has 5 heteroatoms. The molecule has 1 saturated heterocycles. The zero-order valence-electron chi connectivity index (χ0n) is 11.5. The van der Waals surface area contributed by atoms with Crippen molar-refractivity contribution in [2.24, 2.45) is 0 Å². The first-order valence-electron chi connectivity index (χ1n) is 6.71. The van der Waals surface area contributed by atoms with Gasteiger partial charge in [-0.3, -0.25) is 14.5 Å². The Bertz CT molecular complexity index is 597. The van der Waals surface area contributed by atoms with E-state index in [1.807, 2.05) is 26.0 Å². The third-order valence-electron chi connectivity index (χ3n) is 3.89. The van der Waals surface area contributed by atoms with Crippen LogP contribution in [0.5, 0.6) is 0 Å². The second-order valence-electron chi connectivity index (χ2n) is 5.92. The summed E-state index contributed by atoms with van der Waals surface area (Å²) in [6.07, 6.45) is 1.79. The summed E-state index contributed by atoms with van der Waals surface area (Å²) in [5, 5.41) is 0. The van der Waals surface area contributed by atoms with E-state index in [9.17, 15) is 9.59 Å². The molecular weight excluding hydrogens is 369 g/mol. The zero-order valence-corrected chi connectivity index (χ0v) is 13.6. The van der Waals surface area contributed by atoms with Gasteiger partial charge in [0.1, 0.15) is 0 Å². The van der Waals surface area contributed by atoms with Crippen LogP contribution in [-0.2, 0) is 4.74 Å². The Morgan fingerprint density at radius 3 is 2.70 bits per heavy atom. The summed E-state index contributed by atoms with van der Waals surface area (Å²) in [5.41, 5.74) is 0.895. The van der Waals surface area contributed by atoms with Crippen LogP contribution in [0.4, 0.5) is 0 Å². The Hall–Kier alpha value is -0.950. The smallest absolute Gasteiger partial charge is 0.262 e. The van der Waals surface area contributed by atoms with Crippen molar-refractivity contribution in [1.29, 1.82) is 0 Å². The van der Waals surface area contributed by atoms with Crippen LogP contribution in [0, 0.1) is 3.57 Å². The predicted octanol–water partition coefficient (Wildman–Crippen LogP) is 2.84. The summed E-state index contributed by atoms with van der Waals surface area (Å²) >= 11 is 2.10. The number of carbonyl (C=O) groups is 2. The van der Waals surface area contributed by atoms with Gasteiger partial charge in [-0.1, -0.05) is 6.07 Å². The Kier molecular flexibility index (Phi) is 3.36. The normalized spacial score (nSPS) is 24.4. The molecule has 0 saturated carbocycles. The number of carbonyl (C=O) groups excluding carboxylic acids is 2. The molecule has 2 aliphatic heterocycles. The third kappa shape index (κ3) is 2.26. The maximum Gasteiger partial charge on any atom is 0.262 e. The van der Waals surface area contributed by atoms with Gasteiger partial charge in [0.05, 0.1) is 29.4 Å². The van der Waals surface area contributed by atoms with E-state index in [-0.39, 0.29) is 23.5 Å². The lowest BCUT2D eigenvalue weighted by Crippen LogP contribution is -2.37. The highest BCUT2D eigenvalue weighted by molar-refractivity contribution is 14.1. The maximum absolute atomic E-state index is 12.4. The third-order valence-corrected chi connectivity index (χ3v) is 4.79. The highest BCUT2D eigenvalue weighted by Crippen LogP contribution is 2.32. The van der Waals surface area contributed by atoms with E-state index in [0.717, 1.165) is 16.4 Å². The molecule has 2 amide bonds.